The predicted octanol–water partition coefficient (Wildman–Crippen LogP) is 3.67. The number of benzene rings is 2. The smallest absolute Gasteiger partial charge is 0.296 e. The fraction of sp³-hybridized carbons (Fsp3) is 0.261. The van der Waals surface area contributed by atoms with Gasteiger partial charge in [0.2, 0.25) is 17.6 Å². The lowest BCUT2D eigenvalue weighted by molar-refractivity contribution is -0.116. The van der Waals surface area contributed by atoms with E-state index in [2.05, 4.69) is 20.3 Å². The summed E-state index contributed by atoms with van der Waals surface area (Å²) >= 11 is 1.32. The second kappa shape index (κ2) is 8.70. The third kappa shape index (κ3) is 4.21. The number of rotatable bonds is 5. The molecule has 0 bridgehead atoms. The normalized spacial score (nSPS) is 13.0. The molecule has 0 aliphatic carbocycles. The van der Waals surface area contributed by atoms with E-state index in [0.717, 1.165) is 28.1 Å². The lowest BCUT2D eigenvalue weighted by Gasteiger charge is -2.29. The van der Waals surface area contributed by atoms with Crippen molar-refractivity contribution in [2.24, 2.45) is 7.05 Å². The van der Waals surface area contributed by atoms with Gasteiger partial charge in [0, 0.05) is 12.6 Å². The van der Waals surface area contributed by atoms with Gasteiger partial charge in [-0.25, -0.2) is 0 Å². The van der Waals surface area contributed by atoms with Crippen molar-refractivity contribution in [3.8, 4) is 28.9 Å². The van der Waals surface area contributed by atoms with Crippen molar-refractivity contribution in [2.45, 2.75) is 19.0 Å². The van der Waals surface area contributed by atoms with Crippen molar-refractivity contribution in [3.05, 3.63) is 53.6 Å². The summed E-state index contributed by atoms with van der Waals surface area (Å²) in [4.78, 5) is 19.2. The fourth-order valence-corrected chi connectivity index (χ4v) is 4.34. The second-order valence-electron chi connectivity index (χ2n) is 7.81. The van der Waals surface area contributed by atoms with Crippen LogP contribution in [-0.2, 0) is 11.8 Å². The van der Waals surface area contributed by atoms with Gasteiger partial charge in [-0.1, -0.05) is 52.8 Å². The molecule has 1 aliphatic heterocycles. The number of thioether (sulfide) groups is 1. The van der Waals surface area contributed by atoms with Crippen LogP contribution in [0, 0.1) is 13.8 Å². The topological polar surface area (TPSA) is 99.2 Å². The fourth-order valence-electron chi connectivity index (χ4n) is 3.55. The van der Waals surface area contributed by atoms with Crippen LogP contribution in [0.1, 0.15) is 11.1 Å². The Bertz CT molecular complexity index is 1310. The first kappa shape index (κ1) is 21.2. The van der Waals surface area contributed by atoms with Gasteiger partial charge in [0.15, 0.2) is 5.16 Å². The van der Waals surface area contributed by atoms with Gasteiger partial charge >= 0.3 is 0 Å². The molecular weight excluding hydrogens is 440 g/mol. The maximum Gasteiger partial charge on any atom is 0.296 e. The summed E-state index contributed by atoms with van der Waals surface area (Å²) in [6, 6.07) is 13.7. The average molecular weight is 463 g/mol. The lowest BCUT2D eigenvalue weighted by atomic mass is 10.1. The van der Waals surface area contributed by atoms with E-state index >= 15 is 0 Å². The van der Waals surface area contributed by atoms with Gasteiger partial charge in [-0.05, 0) is 31.5 Å². The van der Waals surface area contributed by atoms with E-state index in [1.165, 1.54) is 11.8 Å². The Morgan fingerprint density at radius 3 is 2.70 bits per heavy atom. The predicted molar refractivity (Wildman–Crippen MR) is 124 cm³/mol. The first-order chi connectivity index (χ1) is 16.0. The van der Waals surface area contributed by atoms with Crippen molar-refractivity contribution in [1.29, 1.82) is 0 Å². The zero-order valence-corrected chi connectivity index (χ0v) is 19.3. The summed E-state index contributed by atoms with van der Waals surface area (Å²) in [6.07, 6.45) is 0. The number of amides is 1. The van der Waals surface area contributed by atoms with Crippen molar-refractivity contribution in [2.75, 3.05) is 23.8 Å². The Morgan fingerprint density at radius 1 is 1.09 bits per heavy atom. The van der Waals surface area contributed by atoms with E-state index in [1.54, 1.807) is 9.47 Å². The standard InChI is InChI=1S/C23H22N6O3S/c1-14-4-7-16(8-5-14)20-24-22(32-27-20)21-25-26-23(28(21)3)33-13-19(30)29-10-11-31-18-9-6-15(2)12-17(18)29/h4-9,12H,10-11,13H2,1-3H3. The van der Waals surface area contributed by atoms with Crippen LogP contribution < -0.4 is 9.64 Å². The molecule has 33 heavy (non-hydrogen) atoms. The highest BCUT2D eigenvalue weighted by molar-refractivity contribution is 7.99. The minimum Gasteiger partial charge on any atom is -0.490 e. The Kier molecular flexibility index (Phi) is 5.59. The number of aryl methyl sites for hydroxylation is 2. The van der Waals surface area contributed by atoms with Crippen molar-refractivity contribution < 1.29 is 14.1 Å². The first-order valence-electron chi connectivity index (χ1n) is 10.5. The monoisotopic (exact) mass is 462 g/mol. The molecule has 0 N–H and O–H groups in total. The van der Waals surface area contributed by atoms with Crippen molar-refractivity contribution >= 4 is 23.4 Å². The van der Waals surface area contributed by atoms with E-state index in [0.29, 0.717) is 30.0 Å². The van der Waals surface area contributed by atoms with Crippen LogP contribution in [0.5, 0.6) is 5.75 Å². The lowest BCUT2D eigenvalue weighted by Crippen LogP contribution is -2.39. The maximum absolute atomic E-state index is 13.0. The number of hydrogen-bond acceptors (Lipinski definition) is 8. The maximum atomic E-state index is 13.0. The van der Waals surface area contributed by atoms with Gasteiger partial charge in [0.05, 0.1) is 18.0 Å². The molecule has 5 rings (SSSR count). The third-order valence-electron chi connectivity index (χ3n) is 5.37. The Hall–Kier alpha value is -3.66. The summed E-state index contributed by atoms with van der Waals surface area (Å²) in [5.74, 6) is 2.14. The van der Waals surface area contributed by atoms with Crippen LogP contribution >= 0.6 is 11.8 Å². The Morgan fingerprint density at radius 2 is 1.88 bits per heavy atom. The Labute approximate surface area is 194 Å². The van der Waals surface area contributed by atoms with Crippen molar-refractivity contribution in [1.82, 2.24) is 24.9 Å². The van der Waals surface area contributed by atoms with E-state index in [4.69, 9.17) is 9.26 Å². The van der Waals surface area contributed by atoms with E-state index in [-0.39, 0.29) is 17.6 Å². The zero-order valence-electron chi connectivity index (χ0n) is 18.5. The molecule has 2 aromatic heterocycles. The highest BCUT2D eigenvalue weighted by Crippen LogP contribution is 2.33. The van der Waals surface area contributed by atoms with Gasteiger partial charge in [-0.2, -0.15) is 4.98 Å². The van der Waals surface area contributed by atoms with Crippen molar-refractivity contribution in [3.63, 3.8) is 0 Å². The van der Waals surface area contributed by atoms with Crippen LogP contribution in [0.25, 0.3) is 23.1 Å². The number of carbonyl (C=O) groups excluding carboxylic acids is 1. The molecule has 10 heteroatoms. The van der Waals surface area contributed by atoms with Crippen LogP contribution in [0.4, 0.5) is 5.69 Å². The number of anilines is 1. The number of fused-ring (bicyclic) bond motifs is 1. The SMILES string of the molecule is Cc1ccc(-c2noc(-c3nnc(SCC(=O)N4CCOc5ccc(C)cc54)n3C)n2)cc1. The molecule has 168 valence electrons. The zero-order chi connectivity index (χ0) is 22.9. The second-order valence-corrected chi connectivity index (χ2v) is 8.75. The molecule has 0 radical (unpaired) electrons. The molecule has 4 aromatic rings. The molecule has 0 saturated carbocycles. The van der Waals surface area contributed by atoms with Crippen LogP contribution in [0.3, 0.4) is 0 Å². The van der Waals surface area contributed by atoms with E-state index < -0.39 is 0 Å². The molecule has 0 atom stereocenters. The number of aromatic nitrogens is 5. The van der Waals surface area contributed by atoms with Gasteiger partial charge in [0.1, 0.15) is 12.4 Å². The number of ether oxygens (including phenoxy) is 1. The summed E-state index contributed by atoms with van der Waals surface area (Å²) in [6.45, 7) is 5.01. The molecule has 0 saturated heterocycles. The van der Waals surface area contributed by atoms with Crippen LogP contribution in [0.2, 0.25) is 0 Å². The largest absolute Gasteiger partial charge is 0.490 e. The van der Waals surface area contributed by atoms with Gasteiger partial charge in [-0.15, -0.1) is 10.2 Å². The average Bonchev–Trinajstić information content (AvgIpc) is 3.44. The molecule has 0 spiro atoms. The van der Waals surface area contributed by atoms with Gasteiger partial charge in [0.25, 0.3) is 5.89 Å². The summed E-state index contributed by atoms with van der Waals surface area (Å²) in [7, 11) is 1.81. The summed E-state index contributed by atoms with van der Waals surface area (Å²) in [5.41, 5.74) is 3.90. The number of hydrogen-bond donors (Lipinski definition) is 0. The molecule has 0 fully saturated rings. The third-order valence-corrected chi connectivity index (χ3v) is 6.37. The quantitative estimate of drug-likeness (QED) is 0.414. The van der Waals surface area contributed by atoms with Gasteiger partial charge < -0.3 is 18.7 Å². The summed E-state index contributed by atoms with van der Waals surface area (Å²) < 4.78 is 12.9. The molecular formula is C23H22N6O3S. The molecule has 2 aromatic carbocycles. The van der Waals surface area contributed by atoms with Crippen LogP contribution in [0.15, 0.2) is 52.1 Å². The highest BCUT2D eigenvalue weighted by Gasteiger charge is 2.25. The molecule has 9 nitrogen and oxygen atoms in total. The molecule has 0 unspecified atom stereocenters. The van der Waals surface area contributed by atoms with Crippen LogP contribution in [-0.4, -0.2) is 49.7 Å². The highest BCUT2D eigenvalue weighted by atomic mass is 32.2. The molecule has 3 heterocycles. The minimum absolute atomic E-state index is 0.0147. The van der Waals surface area contributed by atoms with E-state index in [1.807, 2.05) is 63.4 Å². The minimum atomic E-state index is -0.0147. The summed E-state index contributed by atoms with van der Waals surface area (Å²) in [5, 5.41) is 13.1. The van der Waals surface area contributed by atoms with E-state index in [9.17, 15) is 4.79 Å². The van der Waals surface area contributed by atoms with Gasteiger partial charge in [-0.3, -0.25) is 4.79 Å². The molecule has 1 aliphatic rings. The number of nitrogens with zero attached hydrogens (tertiary/aromatic N) is 6. The number of carbonyl (C=O) groups is 1. The molecule has 1 amide bonds. The first-order valence-corrected chi connectivity index (χ1v) is 11.5. The Balaban J connectivity index is 1.29.